The Morgan fingerprint density at radius 2 is 1.84 bits per heavy atom. The summed E-state index contributed by atoms with van der Waals surface area (Å²) in [5.74, 6) is 0.439. The van der Waals surface area contributed by atoms with E-state index >= 15 is 0 Å². The Morgan fingerprint density at radius 3 is 2.49 bits per heavy atom. The molecule has 4 rings (SSSR count). The zero-order chi connectivity index (χ0) is 27.1. The molecule has 194 valence electrons. The van der Waals surface area contributed by atoms with Crippen LogP contribution in [0.5, 0.6) is 0 Å². The van der Waals surface area contributed by atoms with Gasteiger partial charge in [0.05, 0.1) is 17.1 Å². The maximum atomic E-state index is 13.4. The molecule has 4 aromatic rings. The molecule has 0 saturated carbocycles. The minimum absolute atomic E-state index is 0.0519. The zero-order valence-electron chi connectivity index (χ0n) is 21.5. The third-order valence-electron chi connectivity index (χ3n) is 5.68. The van der Waals surface area contributed by atoms with Gasteiger partial charge < -0.3 is 9.73 Å². The number of hydrogen-bond acceptors (Lipinski definition) is 7. The lowest BCUT2D eigenvalue weighted by Gasteiger charge is -2.23. The van der Waals surface area contributed by atoms with Crippen LogP contribution in [-0.2, 0) is 10.0 Å². The molecule has 0 aliphatic carbocycles. The van der Waals surface area contributed by atoms with Crippen molar-refractivity contribution < 1.29 is 12.8 Å². The van der Waals surface area contributed by atoms with Crippen molar-refractivity contribution in [3.8, 4) is 11.3 Å². The van der Waals surface area contributed by atoms with Gasteiger partial charge in [-0.3, -0.25) is 9.78 Å². The Labute approximate surface area is 221 Å². The normalized spacial score (nSPS) is 13.1. The topological polar surface area (TPSA) is 114 Å². The standard InChI is InChI=1S/C27H29ClN4O4S/c1-15-12-19(25-20(13-15)23(33)16(2)24(36-25)18-8-7-11-29-14-18)17(3)30-21-9-10-22(28)31-26(21)37(34,35)32-27(4,5)6/h7-14,17,30,32H,1-6H3/t17-/m1/s1. The molecule has 0 saturated heterocycles. The van der Waals surface area contributed by atoms with Crippen LogP contribution in [0.2, 0.25) is 5.15 Å². The first-order valence-electron chi connectivity index (χ1n) is 11.7. The fourth-order valence-electron chi connectivity index (χ4n) is 4.16. The molecule has 0 aliphatic heterocycles. The molecular weight excluding hydrogens is 512 g/mol. The third-order valence-corrected chi connectivity index (χ3v) is 7.59. The SMILES string of the molecule is Cc1cc([C@@H](C)Nc2ccc(Cl)nc2S(=O)(=O)NC(C)(C)C)c2oc(-c3cccnc3)c(C)c(=O)c2c1. The predicted molar refractivity (Wildman–Crippen MR) is 147 cm³/mol. The van der Waals surface area contributed by atoms with Gasteiger partial charge in [0.1, 0.15) is 16.5 Å². The van der Waals surface area contributed by atoms with E-state index in [4.69, 9.17) is 16.0 Å². The molecular formula is C27H29ClN4O4S. The predicted octanol–water partition coefficient (Wildman–Crippen LogP) is 5.77. The summed E-state index contributed by atoms with van der Waals surface area (Å²) in [6.45, 7) is 10.7. The molecule has 0 amide bonds. The van der Waals surface area contributed by atoms with Crippen LogP contribution in [-0.4, -0.2) is 23.9 Å². The van der Waals surface area contributed by atoms with Crippen molar-refractivity contribution in [3.05, 3.63) is 80.9 Å². The second-order valence-electron chi connectivity index (χ2n) is 10.1. The van der Waals surface area contributed by atoms with Gasteiger partial charge in [-0.25, -0.2) is 18.1 Å². The number of sulfonamides is 1. The molecule has 10 heteroatoms. The summed E-state index contributed by atoms with van der Waals surface area (Å²) < 4.78 is 35.3. The molecule has 3 heterocycles. The number of hydrogen-bond donors (Lipinski definition) is 2. The van der Waals surface area contributed by atoms with E-state index in [1.165, 1.54) is 6.07 Å². The second-order valence-corrected chi connectivity index (χ2v) is 12.1. The number of aryl methyl sites for hydroxylation is 1. The van der Waals surface area contributed by atoms with Crippen LogP contribution < -0.4 is 15.5 Å². The van der Waals surface area contributed by atoms with Crippen molar-refractivity contribution in [2.45, 2.75) is 58.1 Å². The van der Waals surface area contributed by atoms with Gasteiger partial charge >= 0.3 is 0 Å². The number of fused-ring (bicyclic) bond motifs is 1. The van der Waals surface area contributed by atoms with Gasteiger partial charge in [-0.2, -0.15) is 0 Å². The number of anilines is 1. The largest absolute Gasteiger partial charge is 0.455 e. The van der Waals surface area contributed by atoms with E-state index in [-0.39, 0.29) is 21.3 Å². The summed E-state index contributed by atoms with van der Waals surface area (Å²) in [6, 6.07) is 9.95. The quantitative estimate of drug-likeness (QED) is 0.298. The molecule has 3 aromatic heterocycles. The average molecular weight is 541 g/mol. The second kappa shape index (κ2) is 9.89. The van der Waals surface area contributed by atoms with Gasteiger partial charge in [-0.1, -0.05) is 17.7 Å². The van der Waals surface area contributed by atoms with Crippen molar-refractivity contribution in [1.82, 2.24) is 14.7 Å². The summed E-state index contributed by atoms with van der Waals surface area (Å²) in [6.07, 6.45) is 3.30. The molecule has 0 radical (unpaired) electrons. The summed E-state index contributed by atoms with van der Waals surface area (Å²) >= 11 is 6.07. The third kappa shape index (κ3) is 5.69. The fourth-order valence-corrected chi connectivity index (χ4v) is 5.89. The molecule has 0 aliphatic rings. The maximum absolute atomic E-state index is 13.4. The number of benzene rings is 1. The first-order valence-corrected chi connectivity index (χ1v) is 13.6. The number of rotatable bonds is 6. The van der Waals surface area contributed by atoms with Crippen molar-refractivity contribution in [3.63, 3.8) is 0 Å². The lowest BCUT2D eigenvalue weighted by atomic mass is 9.99. The molecule has 8 nitrogen and oxygen atoms in total. The summed E-state index contributed by atoms with van der Waals surface area (Å²) in [7, 11) is -3.99. The highest BCUT2D eigenvalue weighted by Gasteiger charge is 2.28. The lowest BCUT2D eigenvalue weighted by molar-refractivity contribution is 0.490. The number of nitrogens with one attached hydrogen (secondary N) is 2. The van der Waals surface area contributed by atoms with Gasteiger partial charge in [0.2, 0.25) is 0 Å². The number of pyridine rings is 2. The first-order chi connectivity index (χ1) is 17.3. The summed E-state index contributed by atoms with van der Waals surface area (Å²) in [5, 5.41) is 3.53. The fraction of sp³-hybridized carbons (Fsp3) is 0.296. The van der Waals surface area contributed by atoms with E-state index in [0.717, 1.165) is 5.56 Å². The smallest absolute Gasteiger partial charge is 0.260 e. The van der Waals surface area contributed by atoms with Crippen LogP contribution in [0.1, 0.15) is 50.4 Å². The number of aromatic nitrogens is 2. The van der Waals surface area contributed by atoms with Crippen molar-refractivity contribution >= 4 is 38.3 Å². The van der Waals surface area contributed by atoms with Crippen LogP contribution in [0.3, 0.4) is 0 Å². The minimum atomic E-state index is -3.99. The minimum Gasteiger partial charge on any atom is -0.455 e. The summed E-state index contributed by atoms with van der Waals surface area (Å²) in [4.78, 5) is 21.6. The Bertz CT molecular complexity index is 1650. The molecule has 0 spiro atoms. The van der Waals surface area contributed by atoms with E-state index in [1.54, 1.807) is 58.3 Å². The molecule has 0 unspecified atom stereocenters. The Hall–Kier alpha value is -3.27. The van der Waals surface area contributed by atoms with Crippen LogP contribution in [0.25, 0.3) is 22.3 Å². The van der Waals surface area contributed by atoms with E-state index in [0.29, 0.717) is 33.4 Å². The van der Waals surface area contributed by atoms with Crippen LogP contribution in [0.4, 0.5) is 5.69 Å². The van der Waals surface area contributed by atoms with Gasteiger partial charge in [0.15, 0.2) is 10.5 Å². The van der Waals surface area contributed by atoms with E-state index in [2.05, 4.69) is 20.0 Å². The van der Waals surface area contributed by atoms with E-state index in [1.807, 2.05) is 26.0 Å². The van der Waals surface area contributed by atoms with Crippen LogP contribution in [0.15, 0.2) is 63.0 Å². The van der Waals surface area contributed by atoms with E-state index < -0.39 is 21.6 Å². The summed E-state index contributed by atoms with van der Waals surface area (Å²) in [5.41, 5.74) is 2.57. The number of nitrogens with zero attached hydrogens (tertiary/aromatic N) is 2. The highest BCUT2D eigenvalue weighted by Crippen LogP contribution is 2.33. The molecule has 0 bridgehead atoms. The molecule has 2 N–H and O–H groups in total. The van der Waals surface area contributed by atoms with Crippen molar-refractivity contribution in [1.29, 1.82) is 0 Å². The molecule has 1 aromatic carbocycles. The number of halogens is 1. The molecule has 37 heavy (non-hydrogen) atoms. The van der Waals surface area contributed by atoms with Crippen molar-refractivity contribution in [2.75, 3.05) is 5.32 Å². The molecule has 0 fully saturated rings. The first kappa shape index (κ1) is 26.8. The molecule has 1 atom stereocenters. The van der Waals surface area contributed by atoms with Gasteiger partial charge in [0, 0.05) is 34.6 Å². The highest BCUT2D eigenvalue weighted by atomic mass is 35.5. The Morgan fingerprint density at radius 1 is 1.11 bits per heavy atom. The van der Waals surface area contributed by atoms with Crippen LogP contribution in [0, 0.1) is 13.8 Å². The maximum Gasteiger partial charge on any atom is 0.260 e. The average Bonchev–Trinajstić information content (AvgIpc) is 2.81. The highest BCUT2D eigenvalue weighted by molar-refractivity contribution is 7.89. The lowest BCUT2D eigenvalue weighted by Crippen LogP contribution is -2.41. The Kier molecular flexibility index (Phi) is 7.16. The monoisotopic (exact) mass is 540 g/mol. The van der Waals surface area contributed by atoms with Gasteiger partial charge in [-0.15, -0.1) is 0 Å². The van der Waals surface area contributed by atoms with E-state index in [9.17, 15) is 13.2 Å². The van der Waals surface area contributed by atoms with Gasteiger partial charge in [-0.05, 0) is 77.4 Å². The van der Waals surface area contributed by atoms with Crippen molar-refractivity contribution in [2.24, 2.45) is 0 Å². The zero-order valence-corrected chi connectivity index (χ0v) is 23.1. The van der Waals surface area contributed by atoms with Gasteiger partial charge in [0.25, 0.3) is 10.0 Å². The van der Waals surface area contributed by atoms with Crippen LogP contribution >= 0.6 is 11.6 Å². The Balaban J connectivity index is 1.85.